The van der Waals surface area contributed by atoms with E-state index in [2.05, 4.69) is 108 Å². The van der Waals surface area contributed by atoms with Gasteiger partial charge >= 0.3 is 19.5 Å². The number of unbranched alkanes of at least 4 members (excludes halogenated alkanes) is 12. The Morgan fingerprint density at radius 2 is 1.00 bits per heavy atom. The molecule has 0 fully saturated rings. The maximum atomic E-state index is 4.17. The minimum atomic E-state index is -0.330. The fourth-order valence-electron chi connectivity index (χ4n) is 5.77. The number of nitrogens with zero attached hydrogens (tertiary/aromatic N) is 2. The van der Waals surface area contributed by atoms with Gasteiger partial charge in [0.15, 0.2) is 0 Å². The Labute approximate surface area is 355 Å². The minimum Gasteiger partial charge on any atom is -0.340 e. The van der Waals surface area contributed by atoms with E-state index in [-0.39, 0.29) is 34.6 Å². The molecule has 0 aliphatic rings. The Kier molecular flexibility index (Phi) is 60.9. The fraction of sp³-hybridized carbons (Fsp3) is 0.867. The minimum absolute atomic E-state index is 0. The summed E-state index contributed by atoms with van der Waals surface area (Å²) in [6.07, 6.45) is 36.5. The molecule has 1 heterocycles. The molecule has 3 atom stereocenters. The van der Waals surface area contributed by atoms with E-state index in [1.165, 1.54) is 148 Å². The van der Waals surface area contributed by atoms with Gasteiger partial charge in [0.25, 0.3) is 0 Å². The summed E-state index contributed by atoms with van der Waals surface area (Å²) in [5, 5.41) is 0. The van der Waals surface area contributed by atoms with E-state index < -0.39 is 0 Å². The van der Waals surface area contributed by atoms with Crippen LogP contribution in [0, 0.1) is 45.4 Å². The number of imidazole rings is 1. The first kappa shape index (κ1) is 61.1. The van der Waals surface area contributed by atoms with Crippen LogP contribution in [-0.2, 0) is 26.5 Å². The molecule has 3 unspecified atom stereocenters. The van der Waals surface area contributed by atoms with Crippen LogP contribution in [0.2, 0.25) is 32.2 Å². The molecule has 0 saturated heterocycles. The van der Waals surface area contributed by atoms with E-state index in [1.807, 2.05) is 24.7 Å². The number of halogens is 1. The summed E-state index contributed by atoms with van der Waals surface area (Å²) < 4.78 is 1.97. The maximum Gasteiger partial charge on any atom is 2.00 e. The van der Waals surface area contributed by atoms with Gasteiger partial charge in [-0.2, -0.15) is 11.8 Å². The molecule has 1 rings (SSSR count). The van der Waals surface area contributed by atoms with E-state index in [0.29, 0.717) is 5.92 Å². The summed E-state index contributed by atoms with van der Waals surface area (Å²) in [7, 11) is 1.64. The van der Waals surface area contributed by atoms with Crippen LogP contribution in [0.1, 0.15) is 195 Å². The third kappa shape index (κ3) is 60.3. The van der Waals surface area contributed by atoms with E-state index in [4.69, 9.17) is 0 Å². The summed E-state index contributed by atoms with van der Waals surface area (Å²) in [6, 6.07) is 1.59. The molecule has 302 valence electrons. The largest absolute Gasteiger partial charge is 2.00 e. The quantitative estimate of drug-likeness (QED) is 0.0298. The molecular weight excluding hydrogens is 817 g/mol. The van der Waals surface area contributed by atoms with Gasteiger partial charge in [0.2, 0.25) is 0 Å². The normalized spacial score (nSPS) is 12.2. The van der Waals surface area contributed by atoms with Gasteiger partial charge in [0, 0.05) is 28.2 Å². The van der Waals surface area contributed by atoms with Crippen molar-refractivity contribution in [3.63, 3.8) is 0 Å². The molecule has 0 N–H and O–H groups in total. The molecule has 6 heteroatoms. The Morgan fingerprint density at radius 3 is 1.31 bits per heavy atom. The Balaban J connectivity index is -0.000000180. The average Bonchev–Trinajstić information content (AvgIpc) is 3.45. The number of hydrogen-bond donors (Lipinski definition) is 0. The number of aromatic nitrogens is 2. The van der Waals surface area contributed by atoms with Gasteiger partial charge in [-0.3, -0.25) is 0 Å². The van der Waals surface area contributed by atoms with E-state index in [1.54, 1.807) is 12.2 Å². The second-order valence-corrected chi connectivity index (χ2v) is 28.4. The van der Waals surface area contributed by atoms with Crippen molar-refractivity contribution < 1.29 is 19.5 Å². The second kappa shape index (κ2) is 50.9. The van der Waals surface area contributed by atoms with Gasteiger partial charge in [0.1, 0.15) is 12.1 Å². The summed E-state index contributed by atoms with van der Waals surface area (Å²) in [5.41, 5.74) is 0. The van der Waals surface area contributed by atoms with Gasteiger partial charge in [-0.15, -0.1) is 21.8 Å². The zero-order valence-corrected chi connectivity index (χ0v) is 44.8. The number of rotatable bonds is 26. The van der Waals surface area contributed by atoms with Crippen LogP contribution in [0.25, 0.3) is 0 Å². The van der Waals surface area contributed by atoms with Crippen molar-refractivity contribution in [1.29, 1.82) is 0 Å². The molecule has 0 amide bonds. The van der Waals surface area contributed by atoms with Crippen molar-refractivity contribution in [3.05, 3.63) is 39.0 Å². The Hall–Kier alpha value is 0.867. The van der Waals surface area contributed by atoms with Gasteiger partial charge in [-0.25, -0.2) is 4.98 Å². The van der Waals surface area contributed by atoms with Gasteiger partial charge in [0.05, 0.1) is 13.3 Å². The SMILES string of the molecule is CCCCCCC(CCCC)C[SiH](C)C.C[SiH](C)I.Cc1nccn1C.[CH2+]CCCC([CH2-])CCCCCC.[CH2-]C(CCCC)CCCCCC.[Zn+2]. The third-order valence-corrected chi connectivity index (χ3v) is 10.7. The smallest absolute Gasteiger partial charge is 0.340 e. The van der Waals surface area contributed by atoms with Crippen molar-refractivity contribution in [2.24, 2.45) is 24.8 Å². The molecule has 0 aliphatic carbocycles. The van der Waals surface area contributed by atoms with Crippen LogP contribution in [0.5, 0.6) is 0 Å². The summed E-state index contributed by atoms with van der Waals surface area (Å²) in [4.78, 5) is 3.98. The van der Waals surface area contributed by atoms with E-state index in [9.17, 15) is 0 Å². The maximum absolute atomic E-state index is 4.17. The molecule has 0 saturated carbocycles. The van der Waals surface area contributed by atoms with Gasteiger partial charge in [-0.1, -0.05) is 208 Å². The second-order valence-electron chi connectivity index (χ2n) is 15.7. The molecule has 1 aromatic heterocycles. The predicted molar refractivity (Wildman–Crippen MR) is 250 cm³/mol. The van der Waals surface area contributed by atoms with Crippen molar-refractivity contribution in [1.82, 2.24) is 9.55 Å². The van der Waals surface area contributed by atoms with Crippen LogP contribution in [0.15, 0.2) is 12.4 Å². The van der Waals surface area contributed by atoms with E-state index >= 15 is 0 Å². The van der Waals surface area contributed by atoms with E-state index in [0.717, 1.165) is 24.1 Å². The van der Waals surface area contributed by atoms with Crippen LogP contribution >= 0.6 is 21.8 Å². The predicted octanol–water partition coefficient (Wildman–Crippen LogP) is 16.4. The van der Waals surface area contributed by atoms with Gasteiger partial charge < -0.3 is 18.4 Å². The molecule has 0 aromatic carbocycles. The molecule has 0 bridgehead atoms. The number of aryl methyl sites for hydroxylation is 2. The molecule has 51 heavy (non-hydrogen) atoms. The van der Waals surface area contributed by atoms with Crippen molar-refractivity contribution in [3.8, 4) is 0 Å². The number of hydrogen-bond acceptors (Lipinski definition) is 1. The molecule has 0 radical (unpaired) electrons. The molecule has 0 aliphatic heterocycles. The zero-order valence-electron chi connectivity index (χ0n) is 37.3. The topological polar surface area (TPSA) is 17.8 Å². The van der Waals surface area contributed by atoms with Crippen LogP contribution in [0.3, 0.4) is 0 Å². The molecular formula is C45H96IN2Si2Zn+. The van der Waals surface area contributed by atoms with Crippen molar-refractivity contribution in [2.45, 2.75) is 228 Å². The first-order valence-electron chi connectivity index (χ1n) is 21.9. The molecule has 2 nitrogen and oxygen atoms in total. The zero-order chi connectivity index (χ0) is 38.8. The Morgan fingerprint density at radius 1 is 0.647 bits per heavy atom. The van der Waals surface area contributed by atoms with Crippen LogP contribution < -0.4 is 0 Å². The van der Waals surface area contributed by atoms with Crippen LogP contribution in [0.4, 0.5) is 0 Å². The fourth-order valence-corrected chi connectivity index (χ4v) is 7.58. The monoisotopic (exact) mass is 912 g/mol. The average molecular weight is 914 g/mol. The molecule has 0 spiro atoms. The summed E-state index contributed by atoms with van der Waals surface area (Å²) in [6.45, 7) is 35.1. The first-order valence-corrected chi connectivity index (χ1v) is 31.5. The summed E-state index contributed by atoms with van der Waals surface area (Å²) >= 11 is 2.48. The first-order chi connectivity index (χ1) is 23.9. The Bertz CT molecular complexity index is 675. The van der Waals surface area contributed by atoms with Crippen molar-refractivity contribution in [2.75, 3.05) is 0 Å². The standard InChI is InChI=1S/C14H32Si.C12H25.C12H24.C5H8N2.C2H7ISi.Zn/c1-5-7-9-10-12-14(11-8-6-2)13-15(3)4;2*1-4-6-8-9-11-12(3)10-7-5-2;1-5-6-3-4-7(5)2;1-4(2)3;/h14-15H,5-13H2,1-4H3;12H,3-11H2,1-2H3;12H,2-11H2,1H3;3-4H,1-2H3;4H,1-2H3;/q;-1;;;;+2. The van der Waals surface area contributed by atoms with Gasteiger partial charge in [-0.05, 0) is 19.3 Å². The van der Waals surface area contributed by atoms with Crippen molar-refractivity contribution >= 4 is 36.9 Å². The third-order valence-electron chi connectivity index (χ3n) is 9.06. The summed E-state index contributed by atoms with van der Waals surface area (Å²) in [5.74, 6) is 3.54. The molecule has 1 aromatic rings. The van der Waals surface area contributed by atoms with Crippen LogP contribution in [-0.4, -0.2) is 24.6 Å².